The van der Waals surface area contributed by atoms with Crippen molar-refractivity contribution < 1.29 is 4.79 Å². The summed E-state index contributed by atoms with van der Waals surface area (Å²) in [4.78, 5) is 16.5. The normalized spacial score (nSPS) is 22.2. The quantitative estimate of drug-likeness (QED) is 0.915. The highest BCUT2D eigenvalue weighted by Crippen LogP contribution is 2.29. The van der Waals surface area contributed by atoms with Gasteiger partial charge in [-0.15, -0.1) is 0 Å². The highest BCUT2D eigenvalue weighted by Gasteiger charge is 2.28. The van der Waals surface area contributed by atoms with Gasteiger partial charge >= 0.3 is 0 Å². The van der Waals surface area contributed by atoms with Gasteiger partial charge in [0.15, 0.2) is 5.13 Å². The highest BCUT2D eigenvalue weighted by atomic mass is 32.2. The van der Waals surface area contributed by atoms with E-state index in [1.807, 2.05) is 30.0 Å². The Bertz CT molecular complexity index is 640. The molecule has 1 aliphatic rings. The van der Waals surface area contributed by atoms with Gasteiger partial charge in [0.25, 0.3) is 5.91 Å². The van der Waals surface area contributed by atoms with E-state index in [9.17, 15) is 4.79 Å². The molecule has 2 atom stereocenters. The molecule has 2 aromatic rings. The molecule has 1 aliphatic carbocycles. The molecule has 0 spiro atoms. The molecule has 1 aromatic heterocycles. The van der Waals surface area contributed by atoms with Crippen LogP contribution < -0.4 is 11.1 Å². The molecule has 2 unspecified atom stereocenters. The number of amides is 1. The Labute approximate surface area is 126 Å². The molecule has 0 radical (unpaired) electrons. The molecule has 1 fully saturated rings. The minimum atomic E-state index is 0.00446. The first-order chi connectivity index (χ1) is 9.67. The van der Waals surface area contributed by atoms with Gasteiger partial charge < -0.3 is 11.1 Å². The lowest BCUT2D eigenvalue weighted by atomic mass is 10.1. The topological polar surface area (TPSA) is 68.0 Å². The number of carbonyl (C=O) groups is 1. The van der Waals surface area contributed by atoms with Crippen molar-refractivity contribution in [3.63, 3.8) is 0 Å². The molecule has 6 heteroatoms. The van der Waals surface area contributed by atoms with Crippen molar-refractivity contribution in [1.82, 2.24) is 10.3 Å². The van der Waals surface area contributed by atoms with Crippen LogP contribution in [-0.2, 0) is 0 Å². The standard InChI is InChI=1S/C14H17N3OS2/c1-19-11-4-2-3-9(11)16-13(18)8-5-6-10-12(7-8)20-14(15)17-10/h5-7,9,11H,2-4H2,1H3,(H2,15,17)(H,16,18). The molecule has 0 saturated heterocycles. The molecule has 1 saturated carbocycles. The molecule has 4 nitrogen and oxygen atoms in total. The zero-order chi connectivity index (χ0) is 14.1. The van der Waals surface area contributed by atoms with Crippen molar-refractivity contribution in [3.8, 4) is 0 Å². The molecule has 1 aromatic carbocycles. The summed E-state index contributed by atoms with van der Waals surface area (Å²) in [6.45, 7) is 0. The monoisotopic (exact) mass is 307 g/mol. The Morgan fingerprint density at radius 3 is 3.15 bits per heavy atom. The van der Waals surface area contributed by atoms with E-state index in [0.29, 0.717) is 22.0 Å². The largest absolute Gasteiger partial charge is 0.375 e. The number of anilines is 1. The van der Waals surface area contributed by atoms with E-state index in [2.05, 4.69) is 16.6 Å². The molecule has 3 rings (SSSR count). The van der Waals surface area contributed by atoms with E-state index in [0.717, 1.165) is 16.6 Å². The molecular formula is C14H17N3OS2. The molecule has 1 amide bonds. The zero-order valence-corrected chi connectivity index (χ0v) is 12.9. The van der Waals surface area contributed by atoms with E-state index in [1.54, 1.807) is 0 Å². The van der Waals surface area contributed by atoms with Gasteiger partial charge in [0.1, 0.15) is 0 Å². The average Bonchev–Trinajstić information content (AvgIpc) is 3.02. The maximum absolute atomic E-state index is 12.3. The van der Waals surface area contributed by atoms with Crippen molar-refractivity contribution in [3.05, 3.63) is 23.8 Å². The minimum absolute atomic E-state index is 0.00446. The Balaban J connectivity index is 1.78. The van der Waals surface area contributed by atoms with Crippen LogP contribution in [0.25, 0.3) is 10.2 Å². The minimum Gasteiger partial charge on any atom is -0.375 e. The molecular weight excluding hydrogens is 290 g/mol. The summed E-state index contributed by atoms with van der Waals surface area (Å²) in [5.74, 6) is 0.00446. The van der Waals surface area contributed by atoms with Crippen LogP contribution in [0.2, 0.25) is 0 Å². The molecule has 20 heavy (non-hydrogen) atoms. The number of hydrogen-bond acceptors (Lipinski definition) is 5. The summed E-state index contributed by atoms with van der Waals surface area (Å²) in [7, 11) is 0. The predicted octanol–water partition coefficient (Wildman–Crippen LogP) is 2.89. The summed E-state index contributed by atoms with van der Waals surface area (Å²) in [6.07, 6.45) is 5.58. The van der Waals surface area contributed by atoms with Gasteiger partial charge in [0.05, 0.1) is 10.2 Å². The lowest BCUT2D eigenvalue weighted by Gasteiger charge is -2.19. The van der Waals surface area contributed by atoms with Gasteiger partial charge in [0.2, 0.25) is 0 Å². The second kappa shape index (κ2) is 5.61. The first-order valence-electron chi connectivity index (χ1n) is 6.67. The fourth-order valence-electron chi connectivity index (χ4n) is 2.71. The number of thioether (sulfide) groups is 1. The lowest BCUT2D eigenvalue weighted by molar-refractivity contribution is 0.0939. The fourth-order valence-corrected chi connectivity index (χ4v) is 4.42. The fraction of sp³-hybridized carbons (Fsp3) is 0.429. The van der Waals surface area contributed by atoms with E-state index in [-0.39, 0.29) is 5.91 Å². The molecule has 0 aliphatic heterocycles. The smallest absolute Gasteiger partial charge is 0.251 e. The van der Waals surface area contributed by atoms with Crippen LogP contribution in [0.15, 0.2) is 18.2 Å². The Morgan fingerprint density at radius 1 is 1.50 bits per heavy atom. The number of nitrogen functional groups attached to an aromatic ring is 1. The number of benzene rings is 1. The van der Waals surface area contributed by atoms with Crippen LogP contribution in [0.1, 0.15) is 29.6 Å². The van der Waals surface area contributed by atoms with Crippen LogP contribution >= 0.6 is 23.1 Å². The number of rotatable bonds is 3. The SMILES string of the molecule is CSC1CCCC1NC(=O)c1ccc2nc(N)sc2c1. The van der Waals surface area contributed by atoms with Crippen molar-refractivity contribution in [2.75, 3.05) is 12.0 Å². The summed E-state index contributed by atoms with van der Waals surface area (Å²) >= 11 is 3.26. The van der Waals surface area contributed by atoms with Gasteiger partial charge in [-0.1, -0.05) is 17.8 Å². The molecule has 3 N–H and O–H groups in total. The van der Waals surface area contributed by atoms with Gasteiger partial charge in [-0.25, -0.2) is 4.98 Å². The number of thiazole rings is 1. The van der Waals surface area contributed by atoms with Gasteiger partial charge in [-0.05, 0) is 37.3 Å². The molecule has 106 valence electrons. The number of nitrogens with zero attached hydrogens (tertiary/aromatic N) is 1. The van der Waals surface area contributed by atoms with Crippen molar-refractivity contribution >= 4 is 44.4 Å². The first-order valence-corrected chi connectivity index (χ1v) is 8.77. The average molecular weight is 307 g/mol. The zero-order valence-electron chi connectivity index (χ0n) is 11.3. The van der Waals surface area contributed by atoms with E-state index in [4.69, 9.17) is 5.73 Å². The van der Waals surface area contributed by atoms with E-state index < -0.39 is 0 Å². The van der Waals surface area contributed by atoms with Gasteiger partial charge in [0, 0.05) is 16.9 Å². The van der Waals surface area contributed by atoms with Crippen LogP contribution in [0.3, 0.4) is 0 Å². The maximum Gasteiger partial charge on any atom is 0.251 e. The van der Waals surface area contributed by atoms with Crippen LogP contribution in [-0.4, -0.2) is 28.4 Å². The summed E-state index contributed by atoms with van der Waals surface area (Å²) in [6, 6.07) is 5.85. The predicted molar refractivity (Wildman–Crippen MR) is 86.4 cm³/mol. The van der Waals surface area contributed by atoms with E-state index in [1.165, 1.54) is 24.2 Å². The number of aromatic nitrogens is 1. The molecule has 0 bridgehead atoms. The summed E-state index contributed by atoms with van der Waals surface area (Å²) < 4.78 is 0.961. The van der Waals surface area contributed by atoms with Crippen molar-refractivity contribution in [2.24, 2.45) is 0 Å². The number of carbonyl (C=O) groups excluding carboxylic acids is 1. The number of nitrogens with one attached hydrogen (secondary N) is 1. The van der Waals surface area contributed by atoms with Gasteiger partial charge in [-0.2, -0.15) is 11.8 Å². The third kappa shape index (κ3) is 2.62. The highest BCUT2D eigenvalue weighted by molar-refractivity contribution is 7.99. The van der Waals surface area contributed by atoms with Crippen LogP contribution in [0.4, 0.5) is 5.13 Å². The second-order valence-corrected chi connectivity index (χ2v) is 7.16. The van der Waals surface area contributed by atoms with Crippen LogP contribution in [0, 0.1) is 0 Å². The van der Waals surface area contributed by atoms with Crippen molar-refractivity contribution in [1.29, 1.82) is 0 Å². The summed E-state index contributed by atoms with van der Waals surface area (Å²) in [5.41, 5.74) is 7.23. The third-order valence-corrected chi connectivity index (χ3v) is 5.76. The number of hydrogen-bond donors (Lipinski definition) is 2. The third-order valence-electron chi connectivity index (χ3n) is 3.74. The van der Waals surface area contributed by atoms with Crippen LogP contribution in [0.5, 0.6) is 0 Å². The molecule has 1 heterocycles. The Hall–Kier alpha value is -1.27. The Kier molecular flexibility index (Phi) is 3.85. The Morgan fingerprint density at radius 2 is 2.35 bits per heavy atom. The number of nitrogens with two attached hydrogens (primary N) is 1. The first kappa shape index (κ1) is 13.7. The van der Waals surface area contributed by atoms with Crippen molar-refractivity contribution in [2.45, 2.75) is 30.6 Å². The van der Waals surface area contributed by atoms with E-state index >= 15 is 0 Å². The number of fused-ring (bicyclic) bond motifs is 1. The lowest BCUT2D eigenvalue weighted by Crippen LogP contribution is -2.38. The second-order valence-electron chi connectivity index (χ2n) is 5.02. The summed E-state index contributed by atoms with van der Waals surface area (Å²) in [5, 5.41) is 4.24. The van der Waals surface area contributed by atoms with Gasteiger partial charge in [-0.3, -0.25) is 4.79 Å². The maximum atomic E-state index is 12.3.